The van der Waals surface area contributed by atoms with Crippen LogP contribution in [0.2, 0.25) is 0 Å². The van der Waals surface area contributed by atoms with Gasteiger partial charge in [0.15, 0.2) is 0 Å². The molecule has 1 aliphatic rings. The first kappa shape index (κ1) is 19.4. The van der Waals surface area contributed by atoms with Crippen LogP contribution in [0, 0.1) is 5.92 Å². The molecule has 0 N–H and O–H groups in total. The maximum atomic E-state index is 12.7. The van der Waals surface area contributed by atoms with E-state index in [9.17, 15) is 14.4 Å². The minimum Gasteiger partial charge on any atom is -0.497 e. The molecule has 0 fully saturated rings. The minimum atomic E-state index is -0.864. The lowest BCUT2D eigenvalue weighted by atomic mass is 10.1. The van der Waals surface area contributed by atoms with E-state index in [0.717, 1.165) is 6.42 Å². The van der Waals surface area contributed by atoms with Gasteiger partial charge in [-0.1, -0.05) is 31.0 Å². The Bertz CT molecular complexity index is 886. The third-order valence-electron chi connectivity index (χ3n) is 4.29. The molecule has 0 bridgehead atoms. The molecule has 0 saturated heterocycles. The van der Waals surface area contributed by atoms with Crippen molar-refractivity contribution < 1.29 is 28.7 Å². The summed E-state index contributed by atoms with van der Waals surface area (Å²) in [6.07, 6.45) is 0.796. The molecule has 7 heteroatoms. The van der Waals surface area contributed by atoms with E-state index in [2.05, 4.69) is 13.8 Å². The highest BCUT2D eigenvalue weighted by Crippen LogP contribution is 2.28. The monoisotopic (exact) mass is 383 g/mol. The zero-order valence-electron chi connectivity index (χ0n) is 15.9. The molecular weight excluding hydrogens is 362 g/mol. The molecule has 0 aliphatic carbocycles. The summed E-state index contributed by atoms with van der Waals surface area (Å²) in [5.74, 6) is -1.01. The number of fused-ring (bicyclic) bond motifs is 1. The second kappa shape index (κ2) is 8.12. The van der Waals surface area contributed by atoms with Crippen molar-refractivity contribution in [3.05, 3.63) is 59.2 Å². The predicted molar refractivity (Wildman–Crippen MR) is 100 cm³/mol. The van der Waals surface area contributed by atoms with Crippen LogP contribution in [0.5, 0.6) is 11.5 Å². The van der Waals surface area contributed by atoms with E-state index in [0.29, 0.717) is 23.3 Å². The van der Waals surface area contributed by atoms with Crippen molar-refractivity contribution in [1.82, 2.24) is 5.06 Å². The maximum absolute atomic E-state index is 12.7. The third-order valence-corrected chi connectivity index (χ3v) is 4.29. The van der Waals surface area contributed by atoms with Gasteiger partial charge >= 0.3 is 5.97 Å². The first-order valence-corrected chi connectivity index (χ1v) is 8.93. The molecule has 7 nitrogen and oxygen atoms in total. The summed E-state index contributed by atoms with van der Waals surface area (Å²) in [5.41, 5.74) is 0.494. The summed E-state index contributed by atoms with van der Waals surface area (Å²) in [5, 5.41) is 0.481. The fourth-order valence-corrected chi connectivity index (χ4v) is 2.70. The Balaban J connectivity index is 1.81. The van der Waals surface area contributed by atoms with Gasteiger partial charge in [0.05, 0.1) is 24.8 Å². The van der Waals surface area contributed by atoms with E-state index in [1.54, 1.807) is 24.3 Å². The summed E-state index contributed by atoms with van der Waals surface area (Å²) in [6.45, 7) is 4.52. The molecule has 0 atom stereocenters. The molecule has 1 aliphatic heterocycles. The van der Waals surface area contributed by atoms with Gasteiger partial charge in [-0.15, -0.1) is 0 Å². The molecule has 2 aromatic rings. The van der Waals surface area contributed by atoms with Crippen LogP contribution in [-0.4, -0.2) is 36.6 Å². The van der Waals surface area contributed by atoms with Gasteiger partial charge < -0.3 is 14.3 Å². The lowest BCUT2D eigenvalue weighted by Crippen LogP contribution is -2.32. The van der Waals surface area contributed by atoms with Crippen molar-refractivity contribution in [2.75, 3.05) is 13.7 Å². The van der Waals surface area contributed by atoms with Crippen molar-refractivity contribution in [1.29, 1.82) is 0 Å². The normalized spacial score (nSPS) is 12.9. The van der Waals surface area contributed by atoms with Crippen molar-refractivity contribution in [2.45, 2.75) is 20.3 Å². The smallest absolute Gasteiger partial charge is 0.367 e. The number of carbonyl (C=O) groups excluding carboxylic acids is 3. The highest BCUT2D eigenvalue weighted by Gasteiger charge is 2.39. The lowest BCUT2D eigenvalue weighted by molar-refractivity contribution is -0.0586. The summed E-state index contributed by atoms with van der Waals surface area (Å²) in [7, 11) is 1.50. The van der Waals surface area contributed by atoms with Crippen LogP contribution in [0.4, 0.5) is 0 Å². The van der Waals surface area contributed by atoms with E-state index in [1.165, 1.54) is 25.3 Å². The molecule has 0 saturated carbocycles. The topological polar surface area (TPSA) is 82.1 Å². The Morgan fingerprint density at radius 1 is 1.04 bits per heavy atom. The summed E-state index contributed by atoms with van der Waals surface area (Å²) < 4.78 is 10.9. The van der Waals surface area contributed by atoms with Crippen molar-refractivity contribution in [3.63, 3.8) is 0 Å². The van der Waals surface area contributed by atoms with Gasteiger partial charge in [-0.25, -0.2) is 4.79 Å². The van der Waals surface area contributed by atoms with Crippen LogP contribution in [0.3, 0.4) is 0 Å². The number of ether oxygens (including phenoxy) is 2. The minimum absolute atomic E-state index is 0.0983. The van der Waals surface area contributed by atoms with Crippen LogP contribution < -0.4 is 9.47 Å². The average molecular weight is 383 g/mol. The highest BCUT2D eigenvalue weighted by atomic mass is 16.7. The number of hydrogen-bond donors (Lipinski definition) is 0. The van der Waals surface area contributed by atoms with Crippen molar-refractivity contribution >= 4 is 17.8 Å². The van der Waals surface area contributed by atoms with Gasteiger partial charge in [-0.3, -0.25) is 9.59 Å². The maximum Gasteiger partial charge on any atom is 0.367 e. The van der Waals surface area contributed by atoms with Crippen LogP contribution in [0.1, 0.15) is 51.3 Å². The number of rotatable bonds is 7. The largest absolute Gasteiger partial charge is 0.497 e. The molecule has 0 unspecified atom stereocenters. The van der Waals surface area contributed by atoms with E-state index < -0.39 is 17.8 Å². The first-order chi connectivity index (χ1) is 13.4. The lowest BCUT2D eigenvalue weighted by Gasteiger charge is -2.16. The molecule has 0 aromatic heterocycles. The molecule has 28 heavy (non-hydrogen) atoms. The summed E-state index contributed by atoms with van der Waals surface area (Å²) in [6, 6.07) is 10.9. The fraction of sp³-hybridized carbons (Fsp3) is 0.286. The van der Waals surface area contributed by atoms with Gasteiger partial charge in [0.2, 0.25) is 0 Å². The van der Waals surface area contributed by atoms with Gasteiger partial charge in [0.1, 0.15) is 17.1 Å². The molecule has 2 amide bonds. The van der Waals surface area contributed by atoms with Gasteiger partial charge in [0, 0.05) is 6.07 Å². The first-order valence-electron chi connectivity index (χ1n) is 8.93. The second-order valence-electron chi connectivity index (χ2n) is 6.72. The van der Waals surface area contributed by atoms with Crippen LogP contribution in [-0.2, 0) is 4.84 Å². The molecule has 3 rings (SSSR count). The number of imide groups is 1. The number of benzene rings is 2. The summed E-state index contributed by atoms with van der Waals surface area (Å²) in [4.78, 5) is 42.6. The molecule has 0 spiro atoms. The van der Waals surface area contributed by atoms with Crippen molar-refractivity contribution in [3.8, 4) is 11.5 Å². The molecule has 0 radical (unpaired) electrons. The number of hydroxylamine groups is 2. The number of amides is 2. The summed E-state index contributed by atoms with van der Waals surface area (Å²) >= 11 is 0. The van der Waals surface area contributed by atoms with E-state index >= 15 is 0 Å². The Hall–Kier alpha value is -3.35. The Kier molecular flexibility index (Phi) is 5.63. The van der Waals surface area contributed by atoms with Crippen LogP contribution >= 0.6 is 0 Å². The van der Waals surface area contributed by atoms with Gasteiger partial charge in [0.25, 0.3) is 11.8 Å². The highest BCUT2D eigenvalue weighted by molar-refractivity contribution is 6.21. The van der Waals surface area contributed by atoms with Crippen LogP contribution in [0.15, 0.2) is 42.5 Å². The Labute approximate surface area is 162 Å². The zero-order chi connectivity index (χ0) is 20.3. The van der Waals surface area contributed by atoms with Crippen LogP contribution in [0.25, 0.3) is 0 Å². The number of carbonyl (C=O) groups is 3. The molecule has 146 valence electrons. The number of methoxy groups -OCH3 is 1. The Morgan fingerprint density at radius 3 is 2.25 bits per heavy atom. The second-order valence-corrected chi connectivity index (χ2v) is 6.72. The molecule has 1 heterocycles. The zero-order valence-corrected chi connectivity index (χ0v) is 15.9. The van der Waals surface area contributed by atoms with E-state index in [4.69, 9.17) is 14.3 Å². The van der Waals surface area contributed by atoms with E-state index in [1.807, 2.05) is 0 Å². The molecule has 2 aromatic carbocycles. The number of nitrogens with zero attached hydrogens (tertiary/aromatic N) is 1. The van der Waals surface area contributed by atoms with Gasteiger partial charge in [-0.2, -0.15) is 0 Å². The SMILES string of the molecule is COc1ccc(C(=O)ON2C(=O)c3ccccc3C2=O)c(OCCC(C)C)c1. The average Bonchev–Trinajstić information content (AvgIpc) is 2.92. The van der Waals surface area contributed by atoms with Gasteiger partial charge in [-0.05, 0) is 36.6 Å². The van der Waals surface area contributed by atoms with Crippen molar-refractivity contribution in [2.24, 2.45) is 5.92 Å². The fourth-order valence-electron chi connectivity index (χ4n) is 2.70. The number of hydrogen-bond acceptors (Lipinski definition) is 6. The third kappa shape index (κ3) is 3.83. The molecular formula is C21H21NO6. The quantitative estimate of drug-likeness (QED) is 0.681. The van der Waals surface area contributed by atoms with E-state index in [-0.39, 0.29) is 22.4 Å². The standard InChI is InChI=1S/C21H21NO6/c1-13(2)10-11-27-18-12-14(26-3)8-9-17(18)21(25)28-22-19(23)15-6-4-5-7-16(15)20(22)24/h4-9,12-13H,10-11H2,1-3H3. The Morgan fingerprint density at radius 2 is 1.68 bits per heavy atom. The predicted octanol–water partition coefficient (Wildman–Crippen LogP) is 3.49.